The van der Waals surface area contributed by atoms with E-state index in [2.05, 4.69) is 29.2 Å². The van der Waals surface area contributed by atoms with Gasteiger partial charge in [-0.15, -0.1) is 0 Å². The Morgan fingerprint density at radius 1 is 1.19 bits per heavy atom. The number of carbonyl (C=O) groups excluding carboxylic acids is 2. The molecule has 2 saturated heterocycles. The summed E-state index contributed by atoms with van der Waals surface area (Å²) in [7, 11) is 0. The van der Waals surface area contributed by atoms with Crippen LogP contribution >= 0.6 is 11.6 Å². The third kappa shape index (κ3) is 3.74. The van der Waals surface area contributed by atoms with Gasteiger partial charge in [0.1, 0.15) is 6.33 Å². The standard InChI is InChI=1S/C27H30ClN5O3/c1-14-5-17(28)7-20(19(14)8-18-9-29-15(2)12-36-18)24-21-6-16(11-33(21)31-13-30-24)10-32-25(34)22-23(26(32)35)27(22,3)4/h5-7,11,13,15,18,22-23,29H,8-10,12H2,1-4H3/t15-,18?,22?,23?/m1/s1. The van der Waals surface area contributed by atoms with Gasteiger partial charge in [-0.05, 0) is 54.2 Å². The van der Waals surface area contributed by atoms with Gasteiger partial charge in [-0.3, -0.25) is 14.5 Å². The fourth-order valence-corrected chi connectivity index (χ4v) is 6.24. The summed E-state index contributed by atoms with van der Waals surface area (Å²) in [6.07, 6.45) is 4.18. The van der Waals surface area contributed by atoms with Crippen molar-refractivity contribution in [3.05, 3.63) is 52.4 Å². The molecule has 1 aromatic carbocycles. The second-order valence-electron chi connectivity index (χ2n) is 11.0. The van der Waals surface area contributed by atoms with Crippen molar-refractivity contribution in [2.24, 2.45) is 17.3 Å². The summed E-state index contributed by atoms with van der Waals surface area (Å²) in [5, 5.41) is 8.52. The molecular weight excluding hydrogens is 478 g/mol. The number of ether oxygens (including phenoxy) is 1. The second-order valence-corrected chi connectivity index (χ2v) is 11.5. The summed E-state index contributed by atoms with van der Waals surface area (Å²) >= 11 is 6.50. The molecule has 36 heavy (non-hydrogen) atoms. The number of aryl methyl sites for hydroxylation is 1. The molecule has 4 atom stereocenters. The van der Waals surface area contributed by atoms with E-state index in [4.69, 9.17) is 16.3 Å². The normalized spacial score (nSPS) is 27.1. The zero-order valence-electron chi connectivity index (χ0n) is 20.9. The van der Waals surface area contributed by atoms with Crippen molar-refractivity contribution in [1.82, 2.24) is 24.8 Å². The predicted molar refractivity (Wildman–Crippen MR) is 135 cm³/mol. The fraction of sp³-hybridized carbons (Fsp3) is 0.481. The molecule has 2 aromatic heterocycles. The molecule has 0 radical (unpaired) electrons. The molecule has 8 nitrogen and oxygen atoms in total. The van der Waals surface area contributed by atoms with Gasteiger partial charge in [-0.25, -0.2) is 9.50 Å². The van der Waals surface area contributed by atoms with E-state index in [1.807, 2.05) is 38.2 Å². The average Bonchev–Trinajstić information content (AvgIpc) is 3.08. The Bertz CT molecular complexity index is 1370. The van der Waals surface area contributed by atoms with Crippen molar-refractivity contribution in [1.29, 1.82) is 0 Å². The molecular formula is C27H30ClN5O3. The molecule has 188 valence electrons. The van der Waals surface area contributed by atoms with Gasteiger partial charge in [0, 0.05) is 35.8 Å². The lowest BCUT2D eigenvalue weighted by atomic mass is 9.93. The molecule has 1 aliphatic carbocycles. The van der Waals surface area contributed by atoms with Crippen molar-refractivity contribution in [3.63, 3.8) is 0 Å². The first-order valence-corrected chi connectivity index (χ1v) is 12.8. The highest BCUT2D eigenvalue weighted by Gasteiger charge is 2.72. The third-order valence-corrected chi connectivity index (χ3v) is 8.31. The van der Waals surface area contributed by atoms with Crippen LogP contribution in [0.15, 0.2) is 30.7 Å². The van der Waals surface area contributed by atoms with E-state index in [0.717, 1.165) is 46.4 Å². The molecule has 0 bridgehead atoms. The monoisotopic (exact) mass is 507 g/mol. The predicted octanol–water partition coefficient (Wildman–Crippen LogP) is 3.42. The number of nitrogens with zero attached hydrogens (tertiary/aromatic N) is 4. The Balaban J connectivity index is 1.34. The molecule has 9 heteroatoms. The summed E-state index contributed by atoms with van der Waals surface area (Å²) in [5.74, 6) is -0.512. The topological polar surface area (TPSA) is 88.8 Å². The molecule has 3 aliphatic rings. The third-order valence-electron chi connectivity index (χ3n) is 8.10. The maximum absolute atomic E-state index is 12.8. The maximum atomic E-state index is 12.8. The Kier molecular flexibility index (Phi) is 5.48. The van der Waals surface area contributed by atoms with E-state index >= 15 is 0 Å². The van der Waals surface area contributed by atoms with Crippen LogP contribution in [0.3, 0.4) is 0 Å². The summed E-state index contributed by atoms with van der Waals surface area (Å²) < 4.78 is 7.84. The molecule has 1 N–H and O–H groups in total. The van der Waals surface area contributed by atoms with E-state index in [1.54, 1.807) is 4.52 Å². The highest BCUT2D eigenvalue weighted by molar-refractivity contribution is 6.31. The van der Waals surface area contributed by atoms with E-state index in [0.29, 0.717) is 17.7 Å². The number of piperidine rings is 1. The molecule has 2 aliphatic heterocycles. The van der Waals surface area contributed by atoms with Crippen LogP contribution in [0, 0.1) is 24.2 Å². The molecule has 0 spiro atoms. The number of morpholine rings is 1. The number of hydrogen-bond donors (Lipinski definition) is 1. The van der Waals surface area contributed by atoms with Gasteiger partial charge in [0.15, 0.2) is 0 Å². The van der Waals surface area contributed by atoms with Gasteiger partial charge in [0.2, 0.25) is 11.8 Å². The van der Waals surface area contributed by atoms with Crippen molar-refractivity contribution >= 4 is 28.9 Å². The minimum Gasteiger partial charge on any atom is -0.375 e. The SMILES string of the molecule is Cc1cc(Cl)cc(-c2ncnn3cc(CN4C(=O)C5C(C4=O)C5(C)C)cc23)c1CC1CN[C@H](C)CO1. The number of benzene rings is 1. The molecule has 6 rings (SSSR count). The highest BCUT2D eigenvalue weighted by Crippen LogP contribution is 2.63. The second kappa shape index (κ2) is 8.36. The summed E-state index contributed by atoms with van der Waals surface area (Å²) in [6.45, 7) is 9.86. The van der Waals surface area contributed by atoms with Gasteiger partial charge in [0.25, 0.3) is 0 Å². The van der Waals surface area contributed by atoms with Crippen LogP contribution in [0.1, 0.15) is 37.5 Å². The van der Waals surface area contributed by atoms with Crippen molar-refractivity contribution in [2.75, 3.05) is 13.2 Å². The number of amides is 2. The smallest absolute Gasteiger partial charge is 0.233 e. The van der Waals surface area contributed by atoms with Gasteiger partial charge in [0.05, 0.1) is 42.3 Å². The van der Waals surface area contributed by atoms with Crippen LogP contribution in [0.5, 0.6) is 0 Å². The number of aromatic nitrogens is 3. The number of halogens is 1. The quantitative estimate of drug-likeness (QED) is 0.532. The highest BCUT2D eigenvalue weighted by atomic mass is 35.5. The fourth-order valence-electron chi connectivity index (χ4n) is 5.96. The van der Waals surface area contributed by atoms with Crippen molar-refractivity contribution in [3.8, 4) is 11.3 Å². The number of rotatable bonds is 5. The number of likely N-dealkylation sites (tertiary alicyclic amines) is 1. The number of hydrogen-bond acceptors (Lipinski definition) is 6. The summed E-state index contributed by atoms with van der Waals surface area (Å²) in [5.41, 5.74) is 5.34. The van der Waals surface area contributed by atoms with E-state index in [1.165, 1.54) is 11.2 Å². The molecule has 3 fully saturated rings. The van der Waals surface area contributed by atoms with Gasteiger partial charge >= 0.3 is 0 Å². The van der Waals surface area contributed by atoms with Crippen LogP contribution in [-0.2, 0) is 27.3 Å². The number of fused-ring (bicyclic) bond motifs is 2. The van der Waals surface area contributed by atoms with Gasteiger partial charge in [-0.1, -0.05) is 25.4 Å². The number of nitrogens with one attached hydrogen (secondary N) is 1. The average molecular weight is 508 g/mol. The van der Waals surface area contributed by atoms with E-state index in [-0.39, 0.29) is 41.7 Å². The van der Waals surface area contributed by atoms with Crippen LogP contribution in [0.2, 0.25) is 5.02 Å². The molecule has 4 heterocycles. The molecule has 3 aromatic rings. The van der Waals surface area contributed by atoms with Crippen LogP contribution < -0.4 is 5.32 Å². The Morgan fingerprint density at radius 2 is 1.94 bits per heavy atom. The molecule has 3 unspecified atom stereocenters. The van der Waals surface area contributed by atoms with Crippen LogP contribution in [-0.4, -0.2) is 56.6 Å². The Morgan fingerprint density at radius 3 is 2.64 bits per heavy atom. The molecule has 1 saturated carbocycles. The zero-order valence-corrected chi connectivity index (χ0v) is 21.7. The van der Waals surface area contributed by atoms with Crippen LogP contribution in [0.25, 0.3) is 16.8 Å². The first-order chi connectivity index (χ1) is 17.1. The number of imide groups is 1. The lowest BCUT2D eigenvalue weighted by Gasteiger charge is -2.29. The van der Waals surface area contributed by atoms with Crippen LogP contribution in [0.4, 0.5) is 0 Å². The van der Waals surface area contributed by atoms with E-state index < -0.39 is 0 Å². The van der Waals surface area contributed by atoms with Gasteiger partial charge < -0.3 is 10.1 Å². The summed E-state index contributed by atoms with van der Waals surface area (Å²) in [4.78, 5) is 31.7. The number of carbonyl (C=O) groups is 2. The lowest BCUT2D eigenvalue weighted by molar-refractivity contribution is -0.143. The first kappa shape index (κ1) is 23.6. The van der Waals surface area contributed by atoms with Gasteiger partial charge in [-0.2, -0.15) is 5.10 Å². The minimum atomic E-state index is -0.217. The lowest BCUT2D eigenvalue weighted by Crippen LogP contribution is -2.45. The van der Waals surface area contributed by atoms with E-state index in [9.17, 15) is 9.59 Å². The maximum Gasteiger partial charge on any atom is 0.233 e. The molecule has 2 amide bonds. The van der Waals surface area contributed by atoms with Crippen molar-refractivity contribution in [2.45, 2.75) is 52.8 Å². The van der Waals surface area contributed by atoms with Crippen molar-refractivity contribution < 1.29 is 14.3 Å². The largest absolute Gasteiger partial charge is 0.375 e. The first-order valence-electron chi connectivity index (χ1n) is 12.5. The zero-order chi connectivity index (χ0) is 25.4. The minimum absolute atomic E-state index is 0.0582. The Labute approximate surface area is 215 Å². The Hall–Kier alpha value is -2.81. The summed E-state index contributed by atoms with van der Waals surface area (Å²) in [6, 6.07) is 6.23.